The van der Waals surface area contributed by atoms with Crippen LogP contribution < -0.4 is 0 Å². The fraction of sp³-hybridized carbons (Fsp3) is 0.684. The van der Waals surface area contributed by atoms with Crippen molar-refractivity contribution < 1.29 is 9.13 Å². The van der Waals surface area contributed by atoms with E-state index in [1.54, 1.807) is 12.1 Å². The van der Waals surface area contributed by atoms with Gasteiger partial charge in [0.1, 0.15) is 5.82 Å². The molecule has 1 aromatic rings. The van der Waals surface area contributed by atoms with Crippen molar-refractivity contribution in [1.82, 2.24) is 0 Å². The molecule has 116 valence electrons. The van der Waals surface area contributed by atoms with Crippen molar-refractivity contribution in [3.8, 4) is 0 Å². The van der Waals surface area contributed by atoms with Crippen LogP contribution in [0.2, 0.25) is 0 Å². The van der Waals surface area contributed by atoms with Crippen molar-refractivity contribution in [1.29, 1.82) is 0 Å². The van der Waals surface area contributed by atoms with E-state index in [1.165, 1.54) is 56.9 Å². The molecular weight excluding hydrogens is 263 g/mol. The van der Waals surface area contributed by atoms with Crippen LogP contribution in [0.4, 0.5) is 4.39 Å². The number of hydrogen-bond donors (Lipinski definition) is 0. The molecule has 0 aromatic heterocycles. The summed E-state index contributed by atoms with van der Waals surface area (Å²) < 4.78 is 19.3. The van der Waals surface area contributed by atoms with E-state index in [0.29, 0.717) is 18.1 Å². The Hall–Kier alpha value is -0.890. The third kappa shape index (κ3) is 3.66. The van der Waals surface area contributed by atoms with Crippen LogP contribution in [0, 0.1) is 11.7 Å². The summed E-state index contributed by atoms with van der Waals surface area (Å²) in [6.45, 7) is 2.24. The minimum atomic E-state index is -0.131. The van der Waals surface area contributed by atoms with Crippen LogP contribution in [0.5, 0.6) is 0 Å². The average molecular weight is 290 g/mol. The molecule has 21 heavy (non-hydrogen) atoms. The smallest absolute Gasteiger partial charge is 0.123 e. The molecule has 2 unspecified atom stereocenters. The van der Waals surface area contributed by atoms with Crippen LogP contribution in [-0.4, -0.2) is 12.2 Å². The molecule has 1 nitrogen and oxygen atoms in total. The van der Waals surface area contributed by atoms with Gasteiger partial charge in [-0.15, -0.1) is 0 Å². The molecule has 0 spiro atoms. The van der Waals surface area contributed by atoms with E-state index < -0.39 is 0 Å². The fourth-order valence-corrected chi connectivity index (χ4v) is 4.17. The van der Waals surface area contributed by atoms with Gasteiger partial charge in [0, 0.05) is 0 Å². The molecule has 1 saturated heterocycles. The molecule has 2 aliphatic rings. The van der Waals surface area contributed by atoms with Gasteiger partial charge in [-0.25, -0.2) is 4.39 Å². The highest BCUT2D eigenvalue weighted by molar-refractivity contribution is 5.21. The first-order chi connectivity index (χ1) is 10.3. The molecule has 1 heterocycles. The van der Waals surface area contributed by atoms with Gasteiger partial charge < -0.3 is 4.74 Å². The highest BCUT2D eigenvalue weighted by Crippen LogP contribution is 2.41. The summed E-state index contributed by atoms with van der Waals surface area (Å²) in [5, 5.41) is 0. The molecule has 1 aromatic carbocycles. The predicted octanol–water partition coefficient (Wildman–Crippen LogP) is 5.45. The monoisotopic (exact) mass is 290 g/mol. The van der Waals surface area contributed by atoms with E-state index in [2.05, 4.69) is 6.92 Å². The zero-order valence-electron chi connectivity index (χ0n) is 13.1. The largest absolute Gasteiger partial charge is 0.375 e. The lowest BCUT2D eigenvalue weighted by molar-refractivity contribution is -0.00426. The molecule has 1 saturated carbocycles. The van der Waals surface area contributed by atoms with E-state index in [9.17, 15) is 4.39 Å². The fourth-order valence-electron chi connectivity index (χ4n) is 4.17. The molecule has 0 bridgehead atoms. The number of benzene rings is 1. The molecular formula is C19H27FO. The molecule has 2 atom stereocenters. The van der Waals surface area contributed by atoms with Gasteiger partial charge in [0.05, 0.1) is 12.2 Å². The Labute approximate surface area is 127 Å². The summed E-state index contributed by atoms with van der Waals surface area (Å²) in [5.74, 6) is 1.24. The highest BCUT2D eigenvalue weighted by atomic mass is 19.1. The first kappa shape index (κ1) is 15.0. The zero-order valence-corrected chi connectivity index (χ0v) is 13.1. The maximum atomic E-state index is 13.0. The predicted molar refractivity (Wildman–Crippen MR) is 83.9 cm³/mol. The molecule has 3 rings (SSSR count). The van der Waals surface area contributed by atoms with Crippen molar-refractivity contribution >= 4 is 0 Å². The van der Waals surface area contributed by atoms with Crippen molar-refractivity contribution in [3.63, 3.8) is 0 Å². The first-order valence-corrected chi connectivity index (χ1v) is 8.67. The summed E-state index contributed by atoms with van der Waals surface area (Å²) in [7, 11) is 0. The van der Waals surface area contributed by atoms with Gasteiger partial charge in [-0.1, -0.05) is 25.5 Å². The lowest BCUT2D eigenvalue weighted by Crippen LogP contribution is -2.25. The third-order valence-corrected chi connectivity index (χ3v) is 5.39. The van der Waals surface area contributed by atoms with Crippen LogP contribution in [0.15, 0.2) is 24.3 Å². The van der Waals surface area contributed by atoms with Crippen LogP contribution in [0.25, 0.3) is 0 Å². The van der Waals surface area contributed by atoms with Crippen LogP contribution >= 0.6 is 0 Å². The lowest BCUT2D eigenvalue weighted by atomic mass is 9.76. The second kappa shape index (κ2) is 6.91. The van der Waals surface area contributed by atoms with E-state index >= 15 is 0 Å². The summed E-state index contributed by atoms with van der Waals surface area (Å²) in [6, 6.07) is 7.11. The van der Waals surface area contributed by atoms with Gasteiger partial charge in [-0.3, -0.25) is 0 Å². The summed E-state index contributed by atoms with van der Waals surface area (Å²) in [5.41, 5.74) is 1.31. The quantitative estimate of drug-likeness (QED) is 0.716. The molecule has 1 aliphatic heterocycles. The average Bonchev–Trinajstić information content (AvgIpc) is 2.97. The molecule has 0 amide bonds. The maximum absolute atomic E-state index is 13.0. The van der Waals surface area contributed by atoms with Crippen LogP contribution in [-0.2, 0) is 4.74 Å². The summed E-state index contributed by atoms with van der Waals surface area (Å²) in [4.78, 5) is 0. The second-order valence-corrected chi connectivity index (χ2v) is 6.83. The van der Waals surface area contributed by atoms with Gasteiger partial charge in [0.2, 0.25) is 0 Å². The normalized spacial score (nSPS) is 33.2. The Morgan fingerprint density at radius 1 is 1.00 bits per heavy atom. The standard InChI is InChI=1S/C19H27FO/c1-2-3-18-12-13-19(21-18)16-6-4-14(5-7-16)15-8-10-17(20)11-9-15/h8-11,14,16,18-19H,2-7,12-13H2,1H3. The Balaban J connectivity index is 1.50. The SMILES string of the molecule is CCCC1CCC(C2CCC(c3ccc(F)cc3)CC2)O1. The number of hydrogen-bond acceptors (Lipinski definition) is 1. The number of rotatable bonds is 4. The molecule has 0 radical (unpaired) electrons. The van der Waals surface area contributed by atoms with E-state index in [-0.39, 0.29) is 5.82 Å². The summed E-state index contributed by atoms with van der Waals surface area (Å²) in [6.07, 6.45) is 11.0. The Morgan fingerprint density at radius 2 is 1.71 bits per heavy atom. The molecule has 1 aliphatic carbocycles. The third-order valence-electron chi connectivity index (χ3n) is 5.39. The van der Waals surface area contributed by atoms with Gasteiger partial charge in [-0.05, 0) is 74.5 Å². The van der Waals surface area contributed by atoms with Crippen LogP contribution in [0.1, 0.15) is 69.8 Å². The number of ether oxygens (including phenoxy) is 1. The van der Waals surface area contributed by atoms with Gasteiger partial charge >= 0.3 is 0 Å². The van der Waals surface area contributed by atoms with Crippen molar-refractivity contribution in [2.24, 2.45) is 5.92 Å². The first-order valence-electron chi connectivity index (χ1n) is 8.67. The lowest BCUT2D eigenvalue weighted by Gasteiger charge is -2.32. The number of halogens is 1. The zero-order chi connectivity index (χ0) is 14.7. The minimum absolute atomic E-state index is 0.131. The van der Waals surface area contributed by atoms with Crippen molar-refractivity contribution in [2.45, 2.75) is 76.4 Å². The molecule has 2 heteroatoms. The van der Waals surface area contributed by atoms with Crippen LogP contribution in [0.3, 0.4) is 0 Å². The summed E-state index contributed by atoms with van der Waals surface area (Å²) >= 11 is 0. The Kier molecular flexibility index (Phi) is 4.95. The van der Waals surface area contributed by atoms with Crippen molar-refractivity contribution in [3.05, 3.63) is 35.6 Å². The topological polar surface area (TPSA) is 9.23 Å². The van der Waals surface area contributed by atoms with Gasteiger partial charge in [0.15, 0.2) is 0 Å². The van der Waals surface area contributed by atoms with E-state index in [1.807, 2.05) is 12.1 Å². The minimum Gasteiger partial charge on any atom is -0.375 e. The molecule has 0 N–H and O–H groups in total. The Morgan fingerprint density at radius 3 is 2.38 bits per heavy atom. The van der Waals surface area contributed by atoms with E-state index in [4.69, 9.17) is 4.74 Å². The van der Waals surface area contributed by atoms with Gasteiger partial charge in [0.25, 0.3) is 0 Å². The van der Waals surface area contributed by atoms with Gasteiger partial charge in [-0.2, -0.15) is 0 Å². The Bertz CT molecular complexity index is 433. The van der Waals surface area contributed by atoms with Crippen molar-refractivity contribution in [2.75, 3.05) is 0 Å². The highest BCUT2D eigenvalue weighted by Gasteiger charge is 2.33. The molecule has 2 fully saturated rings. The second-order valence-electron chi connectivity index (χ2n) is 6.83. The maximum Gasteiger partial charge on any atom is 0.123 e. The van der Waals surface area contributed by atoms with E-state index in [0.717, 1.165) is 5.92 Å².